The Morgan fingerprint density at radius 1 is 1.14 bits per heavy atom. The first-order chi connectivity index (χ1) is 13.3. The van der Waals surface area contributed by atoms with Gasteiger partial charge in [0.25, 0.3) is 5.91 Å². The molecule has 0 unspecified atom stereocenters. The molecule has 0 bridgehead atoms. The Bertz CT molecular complexity index is 810. The summed E-state index contributed by atoms with van der Waals surface area (Å²) in [4.78, 5) is 14.1. The molecule has 5 nitrogen and oxygen atoms in total. The zero-order valence-electron chi connectivity index (χ0n) is 16.6. The largest absolute Gasteiger partial charge is 0.484 e. The van der Waals surface area contributed by atoms with Crippen molar-refractivity contribution in [2.75, 3.05) is 43.1 Å². The number of morpholine rings is 1. The van der Waals surface area contributed by atoms with Crippen LogP contribution >= 0.6 is 0 Å². The van der Waals surface area contributed by atoms with Crippen molar-refractivity contribution in [3.05, 3.63) is 53.8 Å². The standard InChI is InChI=1S/C22H27FN2O3/c1-22(2,3)16-4-7-18(8-5-16)28-15-21(26)24-17-6-9-20(19(23)14-17)25-10-12-27-13-11-25/h4-9,14H,10-13,15H2,1-3H3,(H,24,26). The van der Waals surface area contributed by atoms with Gasteiger partial charge in [-0.2, -0.15) is 0 Å². The molecule has 1 N–H and O–H groups in total. The number of nitrogens with zero attached hydrogens (tertiary/aromatic N) is 1. The van der Waals surface area contributed by atoms with Gasteiger partial charge in [-0.3, -0.25) is 4.79 Å². The lowest BCUT2D eigenvalue weighted by Gasteiger charge is -2.29. The molecule has 6 heteroatoms. The lowest BCUT2D eigenvalue weighted by atomic mass is 9.87. The fraction of sp³-hybridized carbons (Fsp3) is 0.409. The van der Waals surface area contributed by atoms with E-state index < -0.39 is 0 Å². The Kier molecular flexibility index (Phi) is 6.19. The minimum absolute atomic E-state index is 0.0629. The number of ether oxygens (including phenoxy) is 2. The number of rotatable bonds is 5. The van der Waals surface area contributed by atoms with E-state index in [0.717, 1.165) is 0 Å². The fourth-order valence-electron chi connectivity index (χ4n) is 3.04. The molecule has 1 saturated heterocycles. The van der Waals surface area contributed by atoms with E-state index in [2.05, 4.69) is 26.1 Å². The first-order valence-electron chi connectivity index (χ1n) is 9.48. The molecular formula is C22H27FN2O3. The van der Waals surface area contributed by atoms with Gasteiger partial charge in [0.05, 0.1) is 18.9 Å². The second-order valence-electron chi connectivity index (χ2n) is 7.88. The van der Waals surface area contributed by atoms with E-state index in [1.54, 1.807) is 12.1 Å². The summed E-state index contributed by atoms with van der Waals surface area (Å²) in [5.74, 6) is -0.0752. The maximum absolute atomic E-state index is 14.4. The van der Waals surface area contributed by atoms with Gasteiger partial charge in [0.15, 0.2) is 6.61 Å². The summed E-state index contributed by atoms with van der Waals surface area (Å²) in [7, 11) is 0. The Morgan fingerprint density at radius 2 is 1.82 bits per heavy atom. The molecule has 1 aliphatic heterocycles. The summed E-state index contributed by atoms with van der Waals surface area (Å²) >= 11 is 0. The van der Waals surface area contributed by atoms with Crippen LogP contribution in [0.2, 0.25) is 0 Å². The van der Waals surface area contributed by atoms with Crippen LogP contribution in [-0.4, -0.2) is 38.8 Å². The van der Waals surface area contributed by atoms with Gasteiger partial charge in [0.1, 0.15) is 11.6 Å². The van der Waals surface area contributed by atoms with Crippen LogP contribution in [0.4, 0.5) is 15.8 Å². The molecule has 0 atom stereocenters. The second-order valence-corrected chi connectivity index (χ2v) is 7.88. The van der Waals surface area contributed by atoms with Gasteiger partial charge >= 0.3 is 0 Å². The molecule has 2 aromatic rings. The number of carbonyl (C=O) groups is 1. The summed E-state index contributed by atoms with van der Waals surface area (Å²) in [6.07, 6.45) is 0. The number of benzene rings is 2. The minimum Gasteiger partial charge on any atom is -0.484 e. The molecule has 2 aromatic carbocycles. The van der Waals surface area contributed by atoms with Gasteiger partial charge in [-0.1, -0.05) is 32.9 Å². The summed E-state index contributed by atoms with van der Waals surface area (Å²) in [6, 6.07) is 12.4. The Morgan fingerprint density at radius 3 is 2.43 bits per heavy atom. The van der Waals surface area contributed by atoms with Crippen molar-refractivity contribution in [3.63, 3.8) is 0 Å². The molecule has 150 valence electrons. The van der Waals surface area contributed by atoms with Crippen molar-refractivity contribution < 1.29 is 18.7 Å². The fourth-order valence-corrected chi connectivity index (χ4v) is 3.04. The molecule has 0 saturated carbocycles. The predicted molar refractivity (Wildman–Crippen MR) is 109 cm³/mol. The first kappa shape index (κ1) is 20.1. The number of halogens is 1. The van der Waals surface area contributed by atoms with Crippen molar-refractivity contribution in [2.24, 2.45) is 0 Å². The maximum atomic E-state index is 14.4. The third-order valence-corrected chi connectivity index (χ3v) is 4.67. The summed E-state index contributed by atoms with van der Waals surface area (Å²) in [6.45, 7) is 8.77. The Hall–Kier alpha value is -2.60. The van der Waals surface area contributed by atoms with Crippen LogP contribution in [-0.2, 0) is 14.9 Å². The van der Waals surface area contributed by atoms with Gasteiger partial charge in [-0.15, -0.1) is 0 Å². The third kappa shape index (κ3) is 5.23. The molecule has 1 amide bonds. The van der Waals surface area contributed by atoms with E-state index >= 15 is 0 Å². The van der Waals surface area contributed by atoms with Crippen LogP contribution in [0.25, 0.3) is 0 Å². The van der Waals surface area contributed by atoms with Crippen LogP contribution < -0.4 is 15.0 Å². The number of carbonyl (C=O) groups excluding carboxylic acids is 1. The van der Waals surface area contributed by atoms with Crippen molar-refractivity contribution in [1.29, 1.82) is 0 Å². The minimum atomic E-state index is -0.363. The topological polar surface area (TPSA) is 50.8 Å². The number of anilines is 2. The van der Waals surface area contributed by atoms with Crippen molar-refractivity contribution in [1.82, 2.24) is 0 Å². The van der Waals surface area contributed by atoms with Crippen LogP contribution in [0.1, 0.15) is 26.3 Å². The van der Waals surface area contributed by atoms with Gasteiger partial charge < -0.3 is 19.7 Å². The van der Waals surface area contributed by atoms with Crippen molar-refractivity contribution in [2.45, 2.75) is 26.2 Å². The lowest BCUT2D eigenvalue weighted by Crippen LogP contribution is -2.36. The van der Waals surface area contributed by atoms with Crippen LogP contribution in [0.15, 0.2) is 42.5 Å². The molecule has 0 aromatic heterocycles. The zero-order valence-corrected chi connectivity index (χ0v) is 16.6. The molecule has 0 radical (unpaired) electrons. The van der Waals surface area contributed by atoms with Gasteiger partial charge in [0.2, 0.25) is 0 Å². The average Bonchev–Trinajstić information content (AvgIpc) is 2.67. The molecule has 1 heterocycles. The highest BCUT2D eigenvalue weighted by molar-refractivity contribution is 5.92. The second kappa shape index (κ2) is 8.61. The zero-order chi connectivity index (χ0) is 20.1. The van der Waals surface area contributed by atoms with Crippen LogP contribution in [0.3, 0.4) is 0 Å². The highest BCUT2D eigenvalue weighted by Crippen LogP contribution is 2.25. The molecule has 0 spiro atoms. The molecule has 1 aliphatic rings. The Labute approximate surface area is 165 Å². The van der Waals surface area contributed by atoms with Gasteiger partial charge in [0, 0.05) is 18.8 Å². The molecule has 3 rings (SSSR count). The van der Waals surface area contributed by atoms with E-state index in [0.29, 0.717) is 43.4 Å². The number of hydrogen-bond acceptors (Lipinski definition) is 4. The Balaban J connectivity index is 1.54. The van der Waals surface area contributed by atoms with Crippen molar-refractivity contribution >= 4 is 17.3 Å². The molecular weight excluding hydrogens is 359 g/mol. The van der Waals surface area contributed by atoms with Crippen LogP contribution in [0, 0.1) is 5.82 Å². The van der Waals surface area contributed by atoms with Crippen LogP contribution in [0.5, 0.6) is 5.75 Å². The highest BCUT2D eigenvalue weighted by Gasteiger charge is 2.16. The maximum Gasteiger partial charge on any atom is 0.262 e. The quantitative estimate of drug-likeness (QED) is 0.845. The third-order valence-electron chi connectivity index (χ3n) is 4.67. The molecule has 1 fully saturated rings. The first-order valence-corrected chi connectivity index (χ1v) is 9.48. The van der Waals surface area contributed by atoms with E-state index in [4.69, 9.17) is 9.47 Å². The average molecular weight is 386 g/mol. The van der Waals surface area contributed by atoms with E-state index in [9.17, 15) is 9.18 Å². The summed E-state index contributed by atoms with van der Waals surface area (Å²) < 4.78 is 25.2. The number of amides is 1. The molecule has 28 heavy (non-hydrogen) atoms. The van der Waals surface area contributed by atoms with E-state index in [-0.39, 0.29) is 23.7 Å². The van der Waals surface area contributed by atoms with Crippen molar-refractivity contribution in [3.8, 4) is 5.75 Å². The lowest BCUT2D eigenvalue weighted by molar-refractivity contribution is -0.118. The normalized spacial score (nSPS) is 14.6. The predicted octanol–water partition coefficient (Wildman–Crippen LogP) is 3.98. The number of hydrogen-bond donors (Lipinski definition) is 1. The van der Waals surface area contributed by atoms with E-state index in [1.807, 2.05) is 29.2 Å². The monoisotopic (exact) mass is 386 g/mol. The smallest absolute Gasteiger partial charge is 0.262 e. The van der Waals surface area contributed by atoms with Gasteiger partial charge in [-0.05, 0) is 41.3 Å². The number of nitrogens with one attached hydrogen (secondary N) is 1. The molecule has 0 aliphatic carbocycles. The summed E-state index contributed by atoms with van der Waals surface area (Å²) in [5, 5.41) is 2.67. The SMILES string of the molecule is CC(C)(C)c1ccc(OCC(=O)Nc2ccc(N3CCOCC3)c(F)c2)cc1. The summed E-state index contributed by atoms with van der Waals surface area (Å²) in [5.41, 5.74) is 2.19. The highest BCUT2D eigenvalue weighted by atomic mass is 19.1. The van der Waals surface area contributed by atoms with E-state index in [1.165, 1.54) is 11.6 Å². The van der Waals surface area contributed by atoms with Gasteiger partial charge in [-0.25, -0.2) is 4.39 Å².